The molecule has 0 radical (unpaired) electrons. The molecule has 0 spiro atoms. The molecule has 0 heterocycles. The SMILES string of the molecule is CCCC(C)(C)c1ccc(C(C)C)cc1. The minimum atomic E-state index is 0.324. The van der Waals surface area contributed by atoms with Crippen LogP contribution in [-0.4, -0.2) is 0 Å². The van der Waals surface area contributed by atoms with Gasteiger partial charge in [0.1, 0.15) is 0 Å². The second kappa shape index (κ2) is 4.83. The predicted octanol–water partition coefficient (Wildman–Crippen LogP) is 4.89. The van der Waals surface area contributed by atoms with Gasteiger partial charge in [-0.05, 0) is 28.9 Å². The summed E-state index contributed by atoms with van der Waals surface area (Å²) < 4.78 is 0. The summed E-state index contributed by atoms with van der Waals surface area (Å²) in [5, 5.41) is 0. The third kappa shape index (κ3) is 3.09. The van der Waals surface area contributed by atoms with E-state index in [0.717, 1.165) is 0 Å². The third-order valence-electron chi connectivity index (χ3n) is 3.23. The van der Waals surface area contributed by atoms with Gasteiger partial charge in [-0.2, -0.15) is 0 Å². The standard InChI is InChI=1S/C15H24/c1-6-11-15(4,5)14-9-7-13(8-10-14)12(2)3/h7-10,12H,6,11H2,1-5H3. The van der Waals surface area contributed by atoms with Crippen molar-refractivity contribution in [2.24, 2.45) is 0 Å². The lowest BCUT2D eigenvalue weighted by molar-refractivity contribution is 0.473. The van der Waals surface area contributed by atoms with Crippen LogP contribution in [0.2, 0.25) is 0 Å². The van der Waals surface area contributed by atoms with Crippen molar-refractivity contribution in [3.05, 3.63) is 35.4 Å². The quantitative estimate of drug-likeness (QED) is 0.655. The highest BCUT2D eigenvalue weighted by Gasteiger charge is 2.18. The van der Waals surface area contributed by atoms with Crippen LogP contribution in [0.4, 0.5) is 0 Å². The maximum Gasteiger partial charge on any atom is -0.0104 e. The Balaban J connectivity index is 2.88. The van der Waals surface area contributed by atoms with Gasteiger partial charge in [0, 0.05) is 0 Å². The molecule has 0 aliphatic rings. The largest absolute Gasteiger partial charge is 0.0654 e. The molecule has 0 N–H and O–H groups in total. The Bertz CT molecular complexity index is 290. The Kier molecular flexibility index (Phi) is 3.96. The lowest BCUT2D eigenvalue weighted by atomic mass is 9.80. The van der Waals surface area contributed by atoms with E-state index in [0.29, 0.717) is 11.3 Å². The molecule has 0 saturated carbocycles. The summed E-state index contributed by atoms with van der Waals surface area (Å²) in [6.45, 7) is 11.4. The first-order valence-corrected chi connectivity index (χ1v) is 6.08. The molecule has 0 heteroatoms. The zero-order valence-electron chi connectivity index (χ0n) is 10.8. The van der Waals surface area contributed by atoms with Crippen molar-refractivity contribution in [3.8, 4) is 0 Å². The minimum Gasteiger partial charge on any atom is -0.0654 e. The normalized spacial score (nSPS) is 12.1. The summed E-state index contributed by atoms with van der Waals surface area (Å²) >= 11 is 0. The molecular weight excluding hydrogens is 180 g/mol. The summed E-state index contributed by atoms with van der Waals surface area (Å²) in [6, 6.07) is 9.14. The zero-order valence-corrected chi connectivity index (χ0v) is 10.8. The van der Waals surface area contributed by atoms with Crippen molar-refractivity contribution in [2.45, 2.75) is 58.8 Å². The Morgan fingerprint density at radius 2 is 1.60 bits per heavy atom. The molecule has 0 aromatic heterocycles. The summed E-state index contributed by atoms with van der Waals surface area (Å²) in [6.07, 6.45) is 2.51. The van der Waals surface area contributed by atoms with E-state index < -0.39 is 0 Å². The molecule has 0 bridgehead atoms. The van der Waals surface area contributed by atoms with Crippen molar-refractivity contribution < 1.29 is 0 Å². The average molecular weight is 204 g/mol. The topological polar surface area (TPSA) is 0 Å². The zero-order chi connectivity index (χ0) is 11.5. The van der Waals surface area contributed by atoms with E-state index in [1.54, 1.807) is 0 Å². The number of rotatable bonds is 4. The van der Waals surface area contributed by atoms with Crippen LogP contribution in [-0.2, 0) is 5.41 Å². The summed E-state index contributed by atoms with van der Waals surface area (Å²) in [7, 11) is 0. The minimum absolute atomic E-state index is 0.324. The van der Waals surface area contributed by atoms with Crippen LogP contribution in [0.1, 0.15) is 64.5 Å². The highest BCUT2D eigenvalue weighted by molar-refractivity contribution is 5.29. The maximum absolute atomic E-state index is 2.33. The summed E-state index contributed by atoms with van der Waals surface area (Å²) in [5.41, 5.74) is 3.23. The van der Waals surface area contributed by atoms with Gasteiger partial charge in [0.25, 0.3) is 0 Å². The van der Waals surface area contributed by atoms with E-state index in [4.69, 9.17) is 0 Å². The molecule has 0 amide bonds. The molecule has 0 nitrogen and oxygen atoms in total. The van der Waals surface area contributed by atoms with Gasteiger partial charge in [-0.15, -0.1) is 0 Å². The second-order valence-corrected chi connectivity index (χ2v) is 5.41. The van der Waals surface area contributed by atoms with Gasteiger partial charge in [-0.25, -0.2) is 0 Å². The molecule has 1 aromatic carbocycles. The highest BCUT2D eigenvalue weighted by Crippen LogP contribution is 2.29. The van der Waals surface area contributed by atoms with Gasteiger partial charge in [-0.3, -0.25) is 0 Å². The maximum atomic E-state index is 2.33. The van der Waals surface area contributed by atoms with Crippen LogP contribution in [0.3, 0.4) is 0 Å². The molecule has 0 aliphatic heterocycles. The Morgan fingerprint density at radius 3 is 2.00 bits per heavy atom. The molecular formula is C15H24. The lowest BCUT2D eigenvalue weighted by Gasteiger charge is -2.25. The predicted molar refractivity (Wildman–Crippen MR) is 68.5 cm³/mol. The van der Waals surface area contributed by atoms with Gasteiger partial charge >= 0.3 is 0 Å². The van der Waals surface area contributed by atoms with Gasteiger partial charge < -0.3 is 0 Å². The third-order valence-corrected chi connectivity index (χ3v) is 3.23. The van der Waals surface area contributed by atoms with E-state index in [9.17, 15) is 0 Å². The highest BCUT2D eigenvalue weighted by atomic mass is 14.2. The van der Waals surface area contributed by atoms with Crippen molar-refractivity contribution in [1.29, 1.82) is 0 Å². The molecule has 84 valence electrons. The van der Waals surface area contributed by atoms with Crippen LogP contribution in [0.5, 0.6) is 0 Å². The fraction of sp³-hybridized carbons (Fsp3) is 0.600. The molecule has 1 rings (SSSR count). The van der Waals surface area contributed by atoms with Crippen LogP contribution in [0.15, 0.2) is 24.3 Å². The molecule has 0 saturated heterocycles. The first-order chi connectivity index (χ1) is 6.97. The second-order valence-electron chi connectivity index (χ2n) is 5.41. The van der Waals surface area contributed by atoms with E-state index in [1.165, 1.54) is 24.0 Å². The lowest BCUT2D eigenvalue weighted by Crippen LogP contribution is -2.16. The summed E-state index contributed by atoms with van der Waals surface area (Å²) in [4.78, 5) is 0. The molecule has 15 heavy (non-hydrogen) atoms. The Morgan fingerprint density at radius 1 is 1.07 bits per heavy atom. The molecule has 0 atom stereocenters. The first kappa shape index (κ1) is 12.3. The first-order valence-electron chi connectivity index (χ1n) is 6.08. The molecule has 0 fully saturated rings. The van der Waals surface area contributed by atoms with Gasteiger partial charge in [0.2, 0.25) is 0 Å². The molecule has 1 aromatic rings. The Labute approximate surface area is 94.7 Å². The van der Waals surface area contributed by atoms with E-state index in [2.05, 4.69) is 58.9 Å². The van der Waals surface area contributed by atoms with Crippen molar-refractivity contribution in [3.63, 3.8) is 0 Å². The van der Waals surface area contributed by atoms with Gasteiger partial charge in [0.15, 0.2) is 0 Å². The van der Waals surface area contributed by atoms with Crippen LogP contribution >= 0.6 is 0 Å². The van der Waals surface area contributed by atoms with E-state index in [-0.39, 0.29) is 0 Å². The molecule has 0 unspecified atom stereocenters. The van der Waals surface area contributed by atoms with E-state index >= 15 is 0 Å². The summed E-state index contributed by atoms with van der Waals surface area (Å²) in [5.74, 6) is 0.633. The fourth-order valence-corrected chi connectivity index (χ4v) is 2.09. The molecule has 0 aliphatic carbocycles. The van der Waals surface area contributed by atoms with Crippen LogP contribution < -0.4 is 0 Å². The number of hydrogen-bond acceptors (Lipinski definition) is 0. The fourth-order valence-electron chi connectivity index (χ4n) is 2.09. The number of hydrogen-bond donors (Lipinski definition) is 0. The smallest absolute Gasteiger partial charge is 0.0104 e. The van der Waals surface area contributed by atoms with Gasteiger partial charge in [-0.1, -0.05) is 65.3 Å². The monoisotopic (exact) mass is 204 g/mol. The van der Waals surface area contributed by atoms with E-state index in [1.807, 2.05) is 0 Å². The van der Waals surface area contributed by atoms with Crippen LogP contribution in [0.25, 0.3) is 0 Å². The van der Waals surface area contributed by atoms with Crippen molar-refractivity contribution >= 4 is 0 Å². The average Bonchev–Trinajstić information content (AvgIpc) is 2.18. The van der Waals surface area contributed by atoms with Crippen molar-refractivity contribution in [2.75, 3.05) is 0 Å². The van der Waals surface area contributed by atoms with Gasteiger partial charge in [0.05, 0.1) is 0 Å². The number of benzene rings is 1. The van der Waals surface area contributed by atoms with Crippen LogP contribution in [0, 0.1) is 0 Å². The Hall–Kier alpha value is -0.780. The van der Waals surface area contributed by atoms with Crippen molar-refractivity contribution in [1.82, 2.24) is 0 Å².